The molecule has 1 atom stereocenters. The predicted molar refractivity (Wildman–Crippen MR) is 73.4 cm³/mol. The van der Waals surface area contributed by atoms with Gasteiger partial charge in [0.2, 0.25) is 5.91 Å². The molecule has 3 nitrogen and oxygen atoms in total. The maximum atomic E-state index is 11.6. The zero-order valence-electron chi connectivity index (χ0n) is 11.2. The number of carbonyl (C=O) groups excluding carboxylic acids is 1. The minimum atomic E-state index is 0.0769. The van der Waals surface area contributed by atoms with Gasteiger partial charge in [-0.25, -0.2) is 0 Å². The van der Waals surface area contributed by atoms with Crippen LogP contribution in [-0.2, 0) is 11.2 Å². The Bertz CT molecular complexity index is 415. The van der Waals surface area contributed by atoms with Gasteiger partial charge in [-0.3, -0.25) is 4.79 Å². The number of carbonyl (C=O) groups is 1. The van der Waals surface area contributed by atoms with Gasteiger partial charge in [-0.05, 0) is 44.2 Å². The lowest BCUT2D eigenvalue weighted by atomic mass is 9.88. The van der Waals surface area contributed by atoms with Gasteiger partial charge >= 0.3 is 0 Å². The molecule has 1 aromatic rings. The van der Waals surface area contributed by atoms with E-state index in [2.05, 4.69) is 34.9 Å². The Morgan fingerprint density at radius 1 is 1.39 bits per heavy atom. The summed E-state index contributed by atoms with van der Waals surface area (Å²) in [6.45, 7) is 4.36. The first-order valence-electron chi connectivity index (χ1n) is 6.77. The molecule has 1 amide bonds. The molecule has 0 aliphatic heterocycles. The van der Waals surface area contributed by atoms with Crippen molar-refractivity contribution in [3.63, 3.8) is 0 Å². The summed E-state index contributed by atoms with van der Waals surface area (Å²) < 4.78 is 0. The van der Waals surface area contributed by atoms with Crippen LogP contribution >= 0.6 is 0 Å². The van der Waals surface area contributed by atoms with Gasteiger partial charge in [0.1, 0.15) is 0 Å². The van der Waals surface area contributed by atoms with E-state index in [-0.39, 0.29) is 11.9 Å². The fourth-order valence-corrected chi connectivity index (χ4v) is 2.55. The van der Waals surface area contributed by atoms with Crippen LogP contribution in [0.4, 0.5) is 0 Å². The number of fused-ring (bicyclic) bond motifs is 1. The van der Waals surface area contributed by atoms with Gasteiger partial charge in [-0.2, -0.15) is 0 Å². The van der Waals surface area contributed by atoms with Crippen LogP contribution in [0.2, 0.25) is 0 Å². The number of hydrogen-bond acceptors (Lipinski definition) is 2. The van der Waals surface area contributed by atoms with Crippen molar-refractivity contribution in [3.8, 4) is 0 Å². The summed E-state index contributed by atoms with van der Waals surface area (Å²) in [7, 11) is 0. The van der Waals surface area contributed by atoms with E-state index in [0.717, 1.165) is 12.8 Å². The molecule has 1 aliphatic carbocycles. The van der Waals surface area contributed by atoms with Gasteiger partial charge in [0.15, 0.2) is 0 Å². The van der Waals surface area contributed by atoms with Crippen LogP contribution in [0, 0.1) is 0 Å². The van der Waals surface area contributed by atoms with Gasteiger partial charge in [0.05, 0.1) is 6.54 Å². The largest absolute Gasteiger partial charge is 0.353 e. The molecule has 0 saturated carbocycles. The van der Waals surface area contributed by atoms with Crippen molar-refractivity contribution in [2.24, 2.45) is 0 Å². The maximum absolute atomic E-state index is 11.6. The zero-order chi connectivity index (χ0) is 13.0. The van der Waals surface area contributed by atoms with Crippen molar-refractivity contribution in [3.05, 3.63) is 35.4 Å². The fourth-order valence-electron chi connectivity index (χ4n) is 2.55. The predicted octanol–water partition coefficient (Wildman–Crippen LogP) is 2.18. The average Bonchev–Trinajstić information content (AvgIpc) is 2.35. The highest BCUT2D eigenvalue weighted by molar-refractivity contribution is 5.78. The lowest BCUT2D eigenvalue weighted by Crippen LogP contribution is -2.39. The van der Waals surface area contributed by atoms with E-state index < -0.39 is 0 Å². The van der Waals surface area contributed by atoms with E-state index in [0.29, 0.717) is 12.6 Å². The second kappa shape index (κ2) is 6.01. The Hall–Kier alpha value is -1.35. The summed E-state index contributed by atoms with van der Waals surface area (Å²) in [4.78, 5) is 11.6. The Morgan fingerprint density at radius 3 is 2.94 bits per heavy atom. The van der Waals surface area contributed by atoms with Crippen molar-refractivity contribution in [1.29, 1.82) is 0 Å². The van der Waals surface area contributed by atoms with Gasteiger partial charge in [-0.15, -0.1) is 0 Å². The molecular weight excluding hydrogens is 224 g/mol. The second-order valence-corrected chi connectivity index (χ2v) is 5.25. The number of hydrogen-bond donors (Lipinski definition) is 2. The van der Waals surface area contributed by atoms with E-state index in [1.54, 1.807) is 0 Å². The normalized spacial score (nSPS) is 18.5. The Morgan fingerprint density at radius 2 is 2.17 bits per heavy atom. The first-order valence-corrected chi connectivity index (χ1v) is 6.77. The number of nitrogens with one attached hydrogen (secondary N) is 2. The van der Waals surface area contributed by atoms with E-state index in [1.165, 1.54) is 17.5 Å². The molecule has 0 aromatic heterocycles. The summed E-state index contributed by atoms with van der Waals surface area (Å²) in [5.41, 5.74) is 2.78. The second-order valence-electron chi connectivity index (χ2n) is 5.25. The summed E-state index contributed by atoms with van der Waals surface area (Å²) in [5, 5.41) is 6.28. The van der Waals surface area contributed by atoms with Gasteiger partial charge in [-0.1, -0.05) is 24.3 Å². The highest BCUT2D eigenvalue weighted by atomic mass is 16.1. The lowest BCUT2D eigenvalue weighted by molar-refractivity contribution is -0.120. The van der Waals surface area contributed by atoms with E-state index in [1.807, 2.05) is 13.8 Å². The average molecular weight is 246 g/mol. The molecule has 0 spiro atoms. The molecule has 3 heteroatoms. The molecule has 18 heavy (non-hydrogen) atoms. The number of rotatable bonds is 4. The molecule has 0 heterocycles. The van der Waals surface area contributed by atoms with E-state index in [4.69, 9.17) is 0 Å². The standard InChI is InChI=1S/C15H22N2O/c1-11(2)17-15(18)10-16-14-9-5-7-12-6-3-4-8-13(12)14/h3-4,6,8,11,14,16H,5,7,9-10H2,1-2H3,(H,17,18). The van der Waals surface area contributed by atoms with Gasteiger partial charge in [0, 0.05) is 12.1 Å². The van der Waals surface area contributed by atoms with Crippen molar-refractivity contribution in [2.45, 2.75) is 45.2 Å². The number of amides is 1. The van der Waals surface area contributed by atoms with Crippen LogP contribution in [0.25, 0.3) is 0 Å². The molecule has 1 unspecified atom stereocenters. The molecule has 1 aromatic carbocycles. The summed E-state index contributed by atoms with van der Waals surface area (Å²) in [5.74, 6) is 0.0769. The Kier molecular flexibility index (Phi) is 4.37. The van der Waals surface area contributed by atoms with Crippen molar-refractivity contribution in [2.75, 3.05) is 6.54 Å². The zero-order valence-corrected chi connectivity index (χ0v) is 11.2. The molecular formula is C15H22N2O. The summed E-state index contributed by atoms with van der Waals surface area (Å²) in [6, 6.07) is 9.06. The van der Waals surface area contributed by atoms with Crippen molar-refractivity contribution >= 4 is 5.91 Å². The third-order valence-electron chi connectivity index (χ3n) is 3.33. The number of aryl methyl sites for hydroxylation is 1. The molecule has 2 rings (SSSR count). The van der Waals surface area contributed by atoms with Crippen LogP contribution in [0.5, 0.6) is 0 Å². The lowest BCUT2D eigenvalue weighted by Gasteiger charge is -2.26. The van der Waals surface area contributed by atoms with E-state index >= 15 is 0 Å². The first-order chi connectivity index (χ1) is 8.66. The maximum Gasteiger partial charge on any atom is 0.234 e. The molecule has 0 bridgehead atoms. The van der Waals surface area contributed by atoms with Gasteiger partial charge in [0.25, 0.3) is 0 Å². The molecule has 0 saturated heterocycles. The topological polar surface area (TPSA) is 41.1 Å². The minimum absolute atomic E-state index is 0.0769. The van der Waals surface area contributed by atoms with Crippen molar-refractivity contribution in [1.82, 2.24) is 10.6 Å². The third-order valence-corrected chi connectivity index (χ3v) is 3.33. The Labute approximate surface area is 109 Å². The highest BCUT2D eigenvalue weighted by Gasteiger charge is 2.19. The minimum Gasteiger partial charge on any atom is -0.353 e. The van der Waals surface area contributed by atoms with Crippen LogP contribution in [0.1, 0.15) is 43.9 Å². The molecule has 98 valence electrons. The monoisotopic (exact) mass is 246 g/mol. The van der Waals surface area contributed by atoms with Crippen molar-refractivity contribution < 1.29 is 4.79 Å². The van der Waals surface area contributed by atoms with Crippen LogP contribution < -0.4 is 10.6 Å². The number of benzene rings is 1. The van der Waals surface area contributed by atoms with Crippen LogP contribution in [0.3, 0.4) is 0 Å². The molecule has 1 aliphatic rings. The molecule has 2 N–H and O–H groups in total. The first kappa shape index (κ1) is 13.1. The van der Waals surface area contributed by atoms with Crippen LogP contribution in [-0.4, -0.2) is 18.5 Å². The van der Waals surface area contributed by atoms with E-state index in [9.17, 15) is 4.79 Å². The quantitative estimate of drug-likeness (QED) is 0.855. The third kappa shape index (κ3) is 3.33. The summed E-state index contributed by atoms with van der Waals surface area (Å²) >= 11 is 0. The molecule has 0 fully saturated rings. The smallest absolute Gasteiger partial charge is 0.234 e. The van der Waals surface area contributed by atoms with Crippen LogP contribution in [0.15, 0.2) is 24.3 Å². The van der Waals surface area contributed by atoms with Gasteiger partial charge < -0.3 is 10.6 Å². The SMILES string of the molecule is CC(C)NC(=O)CNC1CCCc2ccccc21. The Balaban J connectivity index is 1.93. The molecule has 0 radical (unpaired) electrons. The summed E-state index contributed by atoms with van der Waals surface area (Å²) in [6.07, 6.45) is 3.47. The highest BCUT2D eigenvalue weighted by Crippen LogP contribution is 2.29. The fraction of sp³-hybridized carbons (Fsp3) is 0.533.